The van der Waals surface area contributed by atoms with Crippen molar-refractivity contribution in [2.45, 2.75) is 13.8 Å². The molecule has 0 aliphatic carbocycles. The van der Waals surface area contributed by atoms with Crippen molar-refractivity contribution in [3.8, 4) is 0 Å². The summed E-state index contributed by atoms with van der Waals surface area (Å²) in [5.41, 5.74) is 4.56. The maximum Gasteiger partial charge on any atom is 0.274 e. The Balaban J connectivity index is 1.71. The number of carbonyl (C=O) groups excluding carboxylic acids is 1. The van der Waals surface area contributed by atoms with Crippen LogP contribution in [0.15, 0.2) is 40.0 Å². The molecule has 1 aliphatic heterocycles. The molecule has 1 saturated heterocycles. The van der Waals surface area contributed by atoms with Crippen LogP contribution in [-0.4, -0.2) is 37.9 Å². The number of rotatable bonds is 4. The zero-order valence-electron chi connectivity index (χ0n) is 14.2. The van der Waals surface area contributed by atoms with Crippen LogP contribution in [0.3, 0.4) is 0 Å². The Bertz CT molecular complexity index is 795. The summed E-state index contributed by atoms with van der Waals surface area (Å²) in [4.78, 5) is 14.0. The number of halogens is 1. The summed E-state index contributed by atoms with van der Waals surface area (Å²) in [5, 5.41) is 4.05. The number of anilines is 1. The van der Waals surface area contributed by atoms with Crippen molar-refractivity contribution in [3.63, 3.8) is 0 Å². The third-order valence-corrected chi connectivity index (χ3v) is 4.15. The van der Waals surface area contributed by atoms with Gasteiger partial charge in [0.05, 0.1) is 36.4 Å². The molecule has 0 atom stereocenters. The highest BCUT2D eigenvalue weighted by Gasteiger charge is 2.16. The molecule has 1 aliphatic rings. The average molecular weight is 345 g/mol. The number of hydrogen-bond donors (Lipinski definition) is 1. The first-order valence-electron chi connectivity index (χ1n) is 8.07. The van der Waals surface area contributed by atoms with Crippen LogP contribution in [0.1, 0.15) is 28.6 Å². The summed E-state index contributed by atoms with van der Waals surface area (Å²) in [6, 6.07) is 6.53. The molecule has 2 heterocycles. The molecule has 0 unspecified atom stereocenters. The summed E-state index contributed by atoms with van der Waals surface area (Å²) in [6.45, 7) is 5.95. The van der Waals surface area contributed by atoms with Crippen molar-refractivity contribution in [2.24, 2.45) is 5.10 Å². The number of nitrogens with one attached hydrogen (secondary N) is 1. The molecule has 1 fully saturated rings. The molecule has 1 aromatic heterocycles. The fourth-order valence-electron chi connectivity index (χ4n) is 2.67. The quantitative estimate of drug-likeness (QED) is 0.683. The van der Waals surface area contributed by atoms with Crippen LogP contribution in [0.5, 0.6) is 0 Å². The number of amides is 1. The Morgan fingerprint density at radius 1 is 1.28 bits per heavy atom. The van der Waals surface area contributed by atoms with E-state index in [1.54, 1.807) is 32.0 Å². The number of morpholine rings is 1. The number of aryl methyl sites for hydroxylation is 1. The van der Waals surface area contributed by atoms with Crippen molar-refractivity contribution in [1.82, 2.24) is 5.43 Å². The van der Waals surface area contributed by atoms with Crippen LogP contribution in [0, 0.1) is 12.7 Å². The highest BCUT2D eigenvalue weighted by atomic mass is 19.1. The second-order valence-electron chi connectivity index (χ2n) is 5.79. The van der Waals surface area contributed by atoms with Crippen molar-refractivity contribution in [3.05, 3.63) is 53.2 Å². The van der Waals surface area contributed by atoms with Crippen molar-refractivity contribution >= 4 is 17.3 Å². The molecule has 1 aromatic carbocycles. The third-order valence-electron chi connectivity index (χ3n) is 4.15. The molecule has 0 bridgehead atoms. The zero-order chi connectivity index (χ0) is 17.8. The summed E-state index contributed by atoms with van der Waals surface area (Å²) < 4.78 is 24.8. The third kappa shape index (κ3) is 3.88. The molecule has 0 radical (unpaired) electrons. The molecule has 2 aromatic rings. The highest BCUT2D eigenvalue weighted by Crippen LogP contribution is 2.22. The predicted molar refractivity (Wildman–Crippen MR) is 92.6 cm³/mol. The van der Waals surface area contributed by atoms with Crippen LogP contribution >= 0.6 is 0 Å². The number of hydrogen-bond acceptors (Lipinski definition) is 5. The van der Waals surface area contributed by atoms with E-state index in [4.69, 9.17) is 9.15 Å². The van der Waals surface area contributed by atoms with Gasteiger partial charge in [-0.2, -0.15) is 5.10 Å². The van der Waals surface area contributed by atoms with E-state index < -0.39 is 0 Å². The standard InChI is InChI=1S/C18H20FN3O3/c1-12(20-21-18(23)15-5-8-25-13(15)2)14-3-4-17(16(19)11-14)22-6-9-24-10-7-22/h3-5,8,11H,6-7,9-10H2,1-2H3,(H,21,23)/b20-12+. The lowest BCUT2D eigenvalue weighted by Crippen LogP contribution is -2.36. The number of benzene rings is 1. The number of furan rings is 1. The van der Waals surface area contributed by atoms with Crippen LogP contribution in [0.2, 0.25) is 0 Å². The van der Waals surface area contributed by atoms with Gasteiger partial charge in [0.25, 0.3) is 5.91 Å². The first kappa shape index (κ1) is 17.2. The van der Waals surface area contributed by atoms with E-state index in [9.17, 15) is 9.18 Å². The Hall–Kier alpha value is -2.67. The molecular formula is C18H20FN3O3. The molecule has 0 saturated carbocycles. The second-order valence-corrected chi connectivity index (χ2v) is 5.79. The fourth-order valence-corrected chi connectivity index (χ4v) is 2.67. The Labute approximate surface area is 145 Å². The Morgan fingerprint density at radius 2 is 2.04 bits per heavy atom. The van der Waals surface area contributed by atoms with E-state index in [0.717, 1.165) is 0 Å². The first-order chi connectivity index (χ1) is 12.1. The van der Waals surface area contributed by atoms with Crippen LogP contribution in [-0.2, 0) is 4.74 Å². The summed E-state index contributed by atoms with van der Waals surface area (Å²) >= 11 is 0. The van der Waals surface area contributed by atoms with Crippen molar-refractivity contribution in [1.29, 1.82) is 0 Å². The van der Waals surface area contributed by atoms with E-state index >= 15 is 0 Å². The highest BCUT2D eigenvalue weighted by molar-refractivity contribution is 6.01. The fraction of sp³-hybridized carbons (Fsp3) is 0.333. The van der Waals surface area contributed by atoms with Gasteiger partial charge in [0.15, 0.2) is 0 Å². The second kappa shape index (κ2) is 7.48. The molecule has 1 amide bonds. The van der Waals surface area contributed by atoms with Gasteiger partial charge in [0, 0.05) is 18.7 Å². The molecular weight excluding hydrogens is 325 g/mol. The lowest BCUT2D eigenvalue weighted by Gasteiger charge is -2.29. The van der Waals surface area contributed by atoms with Gasteiger partial charge in [-0.05, 0) is 32.0 Å². The summed E-state index contributed by atoms with van der Waals surface area (Å²) in [6.07, 6.45) is 1.44. The Kier molecular flexibility index (Phi) is 5.14. The smallest absolute Gasteiger partial charge is 0.274 e. The molecule has 6 nitrogen and oxygen atoms in total. The average Bonchev–Trinajstić information content (AvgIpc) is 3.06. The SMILES string of the molecule is C/C(=N\NC(=O)c1ccoc1C)c1ccc(N2CCOCC2)c(F)c1. The normalized spacial score (nSPS) is 15.3. The van der Waals surface area contributed by atoms with Gasteiger partial charge in [0.2, 0.25) is 0 Å². The van der Waals surface area contributed by atoms with Gasteiger partial charge in [-0.15, -0.1) is 0 Å². The van der Waals surface area contributed by atoms with E-state index in [1.165, 1.54) is 12.3 Å². The minimum absolute atomic E-state index is 0.314. The Morgan fingerprint density at radius 3 is 2.68 bits per heavy atom. The maximum atomic E-state index is 14.4. The van der Waals surface area contributed by atoms with E-state index in [0.29, 0.717) is 54.6 Å². The van der Waals surface area contributed by atoms with E-state index in [1.807, 2.05) is 4.90 Å². The first-order valence-corrected chi connectivity index (χ1v) is 8.07. The van der Waals surface area contributed by atoms with Crippen molar-refractivity contribution in [2.75, 3.05) is 31.2 Å². The summed E-state index contributed by atoms with van der Waals surface area (Å²) in [7, 11) is 0. The van der Waals surface area contributed by atoms with E-state index in [2.05, 4.69) is 10.5 Å². The summed E-state index contributed by atoms with van der Waals surface area (Å²) in [5.74, 6) is -0.159. The molecule has 3 rings (SSSR count). The van der Waals surface area contributed by atoms with Crippen LogP contribution in [0.25, 0.3) is 0 Å². The maximum absolute atomic E-state index is 14.4. The lowest BCUT2D eigenvalue weighted by molar-refractivity contribution is 0.0953. The number of hydrazone groups is 1. The van der Waals surface area contributed by atoms with Gasteiger partial charge >= 0.3 is 0 Å². The molecule has 7 heteroatoms. The predicted octanol–water partition coefficient (Wildman–Crippen LogP) is 2.72. The number of ether oxygens (including phenoxy) is 1. The number of nitrogens with zero attached hydrogens (tertiary/aromatic N) is 2. The largest absolute Gasteiger partial charge is 0.469 e. The van der Waals surface area contributed by atoms with Gasteiger partial charge < -0.3 is 14.1 Å². The minimum atomic E-state index is -0.365. The monoisotopic (exact) mass is 345 g/mol. The minimum Gasteiger partial charge on any atom is -0.469 e. The molecule has 1 N–H and O–H groups in total. The van der Waals surface area contributed by atoms with Crippen LogP contribution < -0.4 is 10.3 Å². The topological polar surface area (TPSA) is 67.1 Å². The zero-order valence-corrected chi connectivity index (χ0v) is 14.2. The number of carbonyl (C=O) groups is 1. The van der Waals surface area contributed by atoms with Crippen molar-refractivity contribution < 1.29 is 18.3 Å². The van der Waals surface area contributed by atoms with Gasteiger partial charge in [-0.25, -0.2) is 9.82 Å². The van der Waals surface area contributed by atoms with Crippen LogP contribution in [0.4, 0.5) is 10.1 Å². The molecule has 132 valence electrons. The molecule has 25 heavy (non-hydrogen) atoms. The van der Waals surface area contributed by atoms with Gasteiger partial charge in [-0.3, -0.25) is 4.79 Å². The van der Waals surface area contributed by atoms with Gasteiger partial charge in [0.1, 0.15) is 11.6 Å². The molecule has 0 spiro atoms. The lowest BCUT2D eigenvalue weighted by atomic mass is 10.1. The van der Waals surface area contributed by atoms with Gasteiger partial charge in [-0.1, -0.05) is 6.07 Å². The van der Waals surface area contributed by atoms with E-state index in [-0.39, 0.29) is 11.7 Å².